The molecule has 2 nitrogen and oxygen atoms in total. The van der Waals surface area contributed by atoms with Gasteiger partial charge in [0, 0.05) is 18.2 Å². The lowest BCUT2D eigenvalue weighted by Gasteiger charge is -2.10. The molecule has 2 aromatic carbocycles. The number of nitrogens with one attached hydrogen (secondary N) is 1. The smallest absolute Gasteiger partial charge is 0.256 e. The zero-order valence-electron chi connectivity index (χ0n) is 10.0. The minimum absolute atomic E-state index is 0.127. The van der Waals surface area contributed by atoms with E-state index in [1.54, 1.807) is 6.07 Å². The van der Waals surface area contributed by atoms with Crippen LogP contribution in [0.2, 0.25) is 0 Å². The minimum Gasteiger partial charge on any atom is -0.322 e. The highest BCUT2D eigenvalue weighted by molar-refractivity contribution is 14.1. The summed E-state index contributed by atoms with van der Waals surface area (Å²) >= 11 is 9.01. The van der Waals surface area contributed by atoms with E-state index < -0.39 is 0 Å². The van der Waals surface area contributed by atoms with Crippen LogP contribution < -0.4 is 5.32 Å². The van der Waals surface area contributed by atoms with Crippen molar-refractivity contribution in [3.63, 3.8) is 0 Å². The Morgan fingerprint density at radius 1 is 1.16 bits per heavy atom. The predicted molar refractivity (Wildman–Crippen MR) is 93.7 cm³/mol. The molecule has 0 bridgehead atoms. The molecule has 2 rings (SSSR count). The Morgan fingerprint density at radius 3 is 2.58 bits per heavy atom. The second-order valence-electron chi connectivity index (χ2n) is 4.04. The molecule has 0 unspecified atom stereocenters. The van der Waals surface area contributed by atoms with E-state index in [1.165, 1.54) is 0 Å². The van der Waals surface area contributed by atoms with Crippen LogP contribution in [-0.4, -0.2) is 5.91 Å². The van der Waals surface area contributed by atoms with E-state index in [2.05, 4.69) is 59.8 Å². The van der Waals surface area contributed by atoms with Gasteiger partial charge in [-0.05, 0) is 87.4 Å². The van der Waals surface area contributed by atoms with Gasteiger partial charge < -0.3 is 5.32 Å². The van der Waals surface area contributed by atoms with Gasteiger partial charge >= 0.3 is 0 Å². The fourth-order valence-corrected chi connectivity index (χ4v) is 3.06. The van der Waals surface area contributed by atoms with E-state index >= 15 is 0 Å². The van der Waals surface area contributed by atoms with E-state index in [-0.39, 0.29) is 5.91 Å². The van der Waals surface area contributed by atoms with Crippen molar-refractivity contribution in [1.82, 2.24) is 0 Å². The number of benzene rings is 2. The Morgan fingerprint density at radius 2 is 1.89 bits per heavy atom. The molecule has 1 amide bonds. The maximum Gasteiger partial charge on any atom is 0.256 e. The van der Waals surface area contributed by atoms with E-state index in [0.29, 0.717) is 5.56 Å². The first-order chi connectivity index (χ1) is 8.97. The number of halogens is 3. The summed E-state index contributed by atoms with van der Waals surface area (Å²) in [4.78, 5) is 12.3. The fourth-order valence-electron chi connectivity index (χ4n) is 1.63. The summed E-state index contributed by atoms with van der Waals surface area (Å²) in [6, 6.07) is 11.4. The van der Waals surface area contributed by atoms with E-state index in [0.717, 1.165) is 23.8 Å². The highest BCUT2D eigenvalue weighted by Gasteiger charge is 2.11. The summed E-state index contributed by atoms with van der Waals surface area (Å²) in [7, 11) is 0. The number of anilines is 1. The van der Waals surface area contributed by atoms with Crippen LogP contribution in [0.15, 0.2) is 45.3 Å². The lowest BCUT2D eigenvalue weighted by atomic mass is 10.1. The van der Waals surface area contributed by atoms with Crippen molar-refractivity contribution < 1.29 is 4.79 Å². The van der Waals surface area contributed by atoms with Gasteiger partial charge in [-0.2, -0.15) is 0 Å². The lowest BCUT2D eigenvalue weighted by Crippen LogP contribution is -2.13. The number of hydrogen-bond donors (Lipinski definition) is 1. The zero-order valence-corrected chi connectivity index (χ0v) is 15.3. The summed E-state index contributed by atoms with van der Waals surface area (Å²) in [5.74, 6) is -0.127. The maximum atomic E-state index is 12.3. The van der Waals surface area contributed by atoms with Crippen LogP contribution in [0, 0.1) is 10.5 Å². The summed E-state index contributed by atoms with van der Waals surface area (Å²) in [5.41, 5.74) is 2.48. The van der Waals surface area contributed by atoms with Crippen LogP contribution in [0.5, 0.6) is 0 Å². The lowest BCUT2D eigenvalue weighted by molar-refractivity contribution is 0.102. The van der Waals surface area contributed by atoms with Gasteiger partial charge in [-0.25, -0.2) is 0 Å². The van der Waals surface area contributed by atoms with Crippen molar-refractivity contribution in [2.75, 3.05) is 5.32 Å². The molecule has 19 heavy (non-hydrogen) atoms. The fraction of sp³-hybridized carbons (Fsp3) is 0.0714. The molecule has 0 saturated heterocycles. The van der Waals surface area contributed by atoms with Crippen molar-refractivity contribution >= 4 is 66.0 Å². The summed E-state index contributed by atoms with van der Waals surface area (Å²) in [5, 5.41) is 2.93. The molecule has 0 aliphatic rings. The molecule has 0 aromatic heterocycles. The molecule has 0 spiro atoms. The topological polar surface area (TPSA) is 29.1 Å². The van der Waals surface area contributed by atoms with Gasteiger partial charge in [0.05, 0.1) is 5.56 Å². The Kier molecular flexibility index (Phi) is 5.03. The number of carbonyl (C=O) groups excluding carboxylic acids is 1. The molecule has 0 aliphatic heterocycles. The SMILES string of the molecule is Cc1cc(I)ccc1NC(=O)c1cc(Br)ccc1Br. The van der Waals surface area contributed by atoms with Crippen molar-refractivity contribution in [2.24, 2.45) is 0 Å². The summed E-state index contributed by atoms with van der Waals surface area (Å²) < 4.78 is 2.80. The Bertz CT molecular complexity index is 643. The van der Waals surface area contributed by atoms with Gasteiger partial charge in [0.1, 0.15) is 0 Å². The van der Waals surface area contributed by atoms with Crippen molar-refractivity contribution in [1.29, 1.82) is 0 Å². The van der Waals surface area contributed by atoms with E-state index in [4.69, 9.17) is 0 Å². The second kappa shape index (κ2) is 6.37. The van der Waals surface area contributed by atoms with Crippen molar-refractivity contribution in [3.05, 3.63) is 60.0 Å². The van der Waals surface area contributed by atoms with Gasteiger partial charge in [0.15, 0.2) is 0 Å². The van der Waals surface area contributed by atoms with Crippen LogP contribution in [-0.2, 0) is 0 Å². The molecule has 0 saturated carbocycles. The zero-order chi connectivity index (χ0) is 14.0. The molecule has 0 heterocycles. The Balaban J connectivity index is 2.28. The minimum atomic E-state index is -0.127. The van der Waals surface area contributed by atoms with Crippen LogP contribution in [0.1, 0.15) is 15.9 Å². The van der Waals surface area contributed by atoms with Crippen molar-refractivity contribution in [2.45, 2.75) is 6.92 Å². The number of aryl methyl sites for hydroxylation is 1. The van der Waals surface area contributed by atoms with Gasteiger partial charge in [0.2, 0.25) is 0 Å². The number of amides is 1. The Hall–Kier alpha value is -0.400. The van der Waals surface area contributed by atoms with E-state index in [9.17, 15) is 4.79 Å². The monoisotopic (exact) mass is 493 g/mol. The molecule has 0 atom stereocenters. The molecule has 2 aromatic rings. The largest absolute Gasteiger partial charge is 0.322 e. The summed E-state index contributed by atoms with van der Waals surface area (Å²) in [6.07, 6.45) is 0. The first kappa shape index (κ1) is 15.0. The van der Waals surface area contributed by atoms with Crippen LogP contribution in [0.4, 0.5) is 5.69 Å². The number of hydrogen-bond acceptors (Lipinski definition) is 1. The average Bonchev–Trinajstić information content (AvgIpc) is 2.35. The highest BCUT2D eigenvalue weighted by Crippen LogP contribution is 2.24. The third kappa shape index (κ3) is 3.79. The van der Waals surface area contributed by atoms with Crippen LogP contribution in [0.25, 0.3) is 0 Å². The molecule has 0 fully saturated rings. The molecular formula is C14H10Br2INO. The van der Waals surface area contributed by atoms with Gasteiger partial charge in [-0.15, -0.1) is 0 Å². The van der Waals surface area contributed by atoms with Gasteiger partial charge in [-0.1, -0.05) is 15.9 Å². The molecule has 5 heteroatoms. The van der Waals surface area contributed by atoms with Gasteiger partial charge in [-0.3, -0.25) is 4.79 Å². The van der Waals surface area contributed by atoms with Crippen LogP contribution >= 0.6 is 54.5 Å². The Labute approximate surface area is 142 Å². The van der Waals surface area contributed by atoms with Crippen LogP contribution in [0.3, 0.4) is 0 Å². The van der Waals surface area contributed by atoms with E-state index in [1.807, 2.05) is 37.3 Å². The summed E-state index contributed by atoms with van der Waals surface area (Å²) in [6.45, 7) is 1.98. The number of carbonyl (C=O) groups is 1. The van der Waals surface area contributed by atoms with Crippen molar-refractivity contribution in [3.8, 4) is 0 Å². The van der Waals surface area contributed by atoms with Gasteiger partial charge in [0.25, 0.3) is 5.91 Å². The first-order valence-electron chi connectivity index (χ1n) is 5.50. The molecule has 98 valence electrons. The maximum absolute atomic E-state index is 12.3. The third-order valence-electron chi connectivity index (χ3n) is 2.61. The third-order valence-corrected chi connectivity index (χ3v) is 4.47. The molecular weight excluding hydrogens is 485 g/mol. The normalized spacial score (nSPS) is 10.3. The molecule has 1 N–H and O–H groups in total. The first-order valence-corrected chi connectivity index (χ1v) is 8.16. The quantitative estimate of drug-likeness (QED) is 0.558. The number of rotatable bonds is 2. The standard InChI is InChI=1S/C14H10Br2INO/c1-8-6-10(17)3-5-13(8)18-14(19)11-7-9(15)2-4-12(11)16/h2-7H,1H3,(H,18,19). The highest BCUT2D eigenvalue weighted by atomic mass is 127. The average molecular weight is 495 g/mol. The predicted octanol–water partition coefficient (Wildman–Crippen LogP) is 5.38. The molecule has 0 radical (unpaired) electrons. The molecule has 0 aliphatic carbocycles. The second-order valence-corrected chi connectivity index (χ2v) is 7.05.